The van der Waals surface area contributed by atoms with Gasteiger partial charge >= 0.3 is 0 Å². The predicted molar refractivity (Wildman–Crippen MR) is 131 cm³/mol. The topological polar surface area (TPSA) is 69.7 Å². The Morgan fingerprint density at radius 3 is 2.15 bits per heavy atom. The van der Waals surface area contributed by atoms with Crippen LogP contribution in [0.3, 0.4) is 0 Å². The fourth-order valence-corrected chi connectivity index (χ4v) is 5.15. The molecule has 0 spiro atoms. The van der Waals surface area contributed by atoms with E-state index in [-0.39, 0.29) is 23.6 Å². The lowest BCUT2D eigenvalue weighted by atomic mass is 9.87. The Hall–Kier alpha value is -2.67. The number of rotatable bonds is 5. The van der Waals surface area contributed by atoms with Crippen LogP contribution in [-0.4, -0.2) is 59.7 Å². The van der Waals surface area contributed by atoms with Crippen LogP contribution in [0, 0.1) is 5.92 Å². The van der Waals surface area contributed by atoms with Gasteiger partial charge in [0.15, 0.2) is 0 Å². The molecule has 0 aromatic heterocycles. The molecule has 2 aliphatic heterocycles. The number of likely N-dealkylation sites (tertiary alicyclic amines) is 2. The summed E-state index contributed by atoms with van der Waals surface area (Å²) < 4.78 is 0.874. The van der Waals surface area contributed by atoms with E-state index >= 15 is 0 Å². The van der Waals surface area contributed by atoms with Gasteiger partial charge < -0.3 is 15.1 Å². The Labute approximate surface area is 203 Å². The summed E-state index contributed by atoms with van der Waals surface area (Å²) in [5, 5.41) is 3.04. The molecule has 0 saturated carbocycles. The molecule has 2 saturated heterocycles. The maximum absolute atomic E-state index is 13.5. The van der Waals surface area contributed by atoms with Crippen LogP contribution in [0.25, 0.3) is 0 Å². The monoisotopic (exact) mass is 511 g/mol. The highest BCUT2D eigenvalue weighted by Crippen LogP contribution is 2.25. The van der Waals surface area contributed by atoms with Crippen LogP contribution in [0.2, 0.25) is 0 Å². The van der Waals surface area contributed by atoms with Crippen molar-refractivity contribution < 1.29 is 14.4 Å². The highest BCUT2D eigenvalue weighted by molar-refractivity contribution is 9.10. The smallest absolute Gasteiger partial charge is 0.253 e. The molecule has 1 N–H and O–H groups in total. The van der Waals surface area contributed by atoms with E-state index in [1.807, 2.05) is 52.3 Å². The third-order valence-electron chi connectivity index (χ3n) is 6.63. The zero-order chi connectivity index (χ0) is 23.2. The van der Waals surface area contributed by atoms with Gasteiger partial charge in [0.25, 0.3) is 11.8 Å². The third kappa shape index (κ3) is 5.82. The average Bonchev–Trinajstić information content (AvgIpc) is 2.87. The quantitative estimate of drug-likeness (QED) is 0.656. The molecule has 2 aromatic rings. The first kappa shape index (κ1) is 23.5. The number of benzene rings is 2. The molecule has 7 heteroatoms. The van der Waals surface area contributed by atoms with Crippen LogP contribution in [0.4, 0.5) is 0 Å². The average molecular weight is 512 g/mol. The summed E-state index contributed by atoms with van der Waals surface area (Å²) in [6.07, 6.45) is 4.51. The van der Waals surface area contributed by atoms with Gasteiger partial charge in [-0.25, -0.2) is 0 Å². The van der Waals surface area contributed by atoms with Gasteiger partial charge in [0, 0.05) is 41.8 Å². The summed E-state index contributed by atoms with van der Waals surface area (Å²) in [7, 11) is 0. The van der Waals surface area contributed by atoms with Gasteiger partial charge in [-0.05, 0) is 68.4 Å². The Balaban J connectivity index is 1.45. The van der Waals surface area contributed by atoms with E-state index in [4.69, 9.17) is 0 Å². The molecule has 2 heterocycles. The van der Waals surface area contributed by atoms with Gasteiger partial charge in [0.1, 0.15) is 6.04 Å². The van der Waals surface area contributed by atoms with Crippen LogP contribution in [0.1, 0.15) is 52.8 Å². The number of amides is 3. The molecule has 174 valence electrons. The van der Waals surface area contributed by atoms with Crippen molar-refractivity contribution in [1.29, 1.82) is 0 Å². The molecule has 2 fully saturated rings. The lowest BCUT2D eigenvalue weighted by molar-refractivity contribution is -0.136. The van der Waals surface area contributed by atoms with Crippen molar-refractivity contribution in [2.45, 2.75) is 38.1 Å². The largest absolute Gasteiger partial charge is 0.341 e. The molecule has 2 aromatic carbocycles. The first-order valence-corrected chi connectivity index (χ1v) is 12.5. The summed E-state index contributed by atoms with van der Waals surface area (Å²) in [5.74, 6) is -0.213. The number of hydrogen-bond acceptors (Lipinski definition) is 3. The molecule has 3 amide bonds. The molecule has 0 unspecified atom stereocenters. The summed E-state index contributed by atoms with van der Waals surface area (Å²) >= 11 is 3.43. The summed E-state index contributed by atoms with van der Waals surface area (Å²) in [4.78, 5) is 43.1. The van der Waals surface area contributed by atoms with Crippen molar-refractivity contribution in [2.75, 3.05) is 26.2 Å². The van der Waals surface area contributed by atoms with Crippen molar-refractivity contribution >= 4 is 33.7 Å². The predicted octanol–water partition coefficient (Wildman–Crippen LogP) is 4.11. The normalized spacial score (nSPS) is 18.0. The van der Waals surface area contributed by atoms with E-state index in [1.54, 1.807) is 12.1 Å². The van der Waals surface area contributed by atoms with Gasteiger partial charge in [0.05, 0.1) is 0 Å². The standard InChI is InChI=1S/C26H30BrN3O3/c27-22-11-7-10-21(18-22)25(32)30-16-12-19(13-17-30)23(26(33)29-14-5-2-6-15-29)28-24(31)20-8-3-1-4-9-20/h1,3-4,7-11,18-19,23H,2,5-6,12-17H2,(H,28,31)/t23-/m0/s1. The highest BCUT2D eigenvalue weighted by atomic mass is 79.9. The van der Waals surface area contributed by atoms with Crippen molar-refractivity contribution in [1.82, 2.24) is 15.1 Å². The highest BCUT2D eigenvalue weighted by Gasteiger charge is 2.36. The van der Waals surface area contributed by atoms with E-state index in [2.05, 4.69) is 21.2 Å². The molecule has 1 atom stereocenters. The van der Waals surface area contributed by atoms with Crippen LogP contribution < -0.4 is 5.32 Å². The minimum atomic E-state index is -0.570. The van der Waals surface area contributed by atoms with Gasteiger partial charge in [-0.1, -0.05) is 40.2 Å². The van der Waals surface area contributed by atoms with E-state index in [0.29, 0.717) is 37.1 Å². The lowest BCUT2D eigenvalue weighted by Crippen LogP contribution is -2.55. The maximum atomic E-state index is 13.5. The van der Waals surface area contributed by atoms with E-state index in [0.717, 1.165) is 36.8 Å². The van der Waals surface area contributed by atoms with E-state index in [9.17, 15) is 14.4 Å². The molecule has 0 aliphatic carbocycles. The molecular weight excluding hydrogens is 482 g/mol. The van der Waals surface area contributed by atoms with Crippen molar-refractivity contribution in [3.05, 3.63) is 70.2 Å². The summed E-state index contributed by atoms with van der Waals surface area (Å²) in [5.41, 5.74) is 1.21. The first-order chi connectivity index (χ1) is 16.0. The number of nitrogens with one attached hydrogen (secondary N) is 1. The zero-order valence-electron chi connectivity index (χ0n) is 18.7. The van der Waals surface area contributed by atoms with E-state index in [1.165, 1.54) is 0 Å². The van der Waals surface area contributed by atoms with Crippen LogP contribution in [-0.2, 0) is 4.79 Å². The Morgan fingerprint density at radius 2 is 1.48 bits per heavy atom. The SMILES string of the molecule is O=C(N[C@H](C(=O)N1CCCCC1)C1CCN(C(=O)c2cccc(Br)c2)CC1)c1ccccc1. The lowest BCUT2D eigenvalue weighted by Gasteiger charge is -2.38. The second-order valence-corrected chi connectivity index (χ2v) is 9.76. The second-order valence-electron chi connectivity index (χ2n) is 8.84. The van der Waals surface area contributed by atoms with Gasteiger partial charge in [-0.3, -0.25) is 14.4 Å². The molecule has 4 rings (SSSR count). The summed E-state index contributed by atoms with van der Waals surface area (Å²) in [6.45, 7) is 2.63. The molecule has 33 heavy (non-hydrogen) atoms. The molecule has 2 aliphatic rings. The van der Waals surface area contributed by atoms with Crippen LogP contribution in [0.15, 0.2) is 59.1 Å². The number of carbonyl (C=O) groups is 3. The third-order valence-corrected chi connectivity index (χ3v) is 7.12. The number of hydrogen-bond donors (Lipinski definition) is 1. The molecular formula is C26H30BrN3O3. The Morgan fingerprint density at radius 1 is 0.818 bits per heavy atom. The van der Waals surface area contributed by atoms with Gasteiger partial charge in [-0.2, -0.15) is 0 Å². The van der Waals surface area contributed by atoms with Crippen LogP contribution >= 0.6 is 15.9 Å². The Bertz CT molecular complexity index is 983. The first-order valence-electron chi connectivity index (χ1n) is 11.7. The zero-order valence-corrected chi connectivity index (χ0v) is 20.3. The minimum Gasteiger partial charge on any atom is -0.341 e. The Kier molecular flexibility index (Phi) is 7.81. The summed E-state index contributed by atoms with van der Waals surface area (Å²) in [6, 6.07) is 15.9. The maximum Gasteiger partial charge on any atom is 0.253 e. The number of carbonyl (C=O) groups excluding carboxylic acids is 3. The number of halogens is 1. The number of nitrogens with zero attached hydrogens (tertiary/aromatic N) is 2. The van der Waals surface area contributed by atoms with Crippen molar-refractivity contribution in [3.8, 4) is 0 Å². The minimum absolute atomic E-state index is 0.00125. The van der Waals surface area contributed by atoms with Crippen molar-refractivity contribution in [2.24, 2.45) is 5.92 Å². The van der Waals surface area contributed by atoms with Crippen LogP contribution in [0.5, 0.6) is 0 Å². The molecule has 6 nitrogen and oxygen atoms in total. The van der Waals surface area contributed by atoms with E-state index < -0.39 is 6.04 Å². The van der Waals surface area contributed by atoms with Crippen molar-refractivity contribution in [3.63, 3.8) is 0 Å². The second kappa shape index (κ2) is 11.0. The fourth-order valence-electron chi connectivity index (χ4n) is 4.75. The fraction of sp³-hybridized carbons (Fsp3) is 0.423. The molecule has 0 bridgehead atoms. The van der Waals surface area contributed by atoms with Gasteiger partial charge in [0.2, 0.25) is 5.91 Å². The number of piperidine rings is 2. The molecule has 0 radical (unpaired) electrons. The van der Waals surface area contributed by atoms with Gasteiger partial charge in [-0.15, -0.1) is 0 Å².